The normalized spacial score (nSPS) is 9.95. The lowest BCUT2D eigenvalue weighted by Crippen LogP contribution is -2.19. The molecule has 0 bridgehead atoms. The highest BCUT2D eigenvalue weighted by Crippen LogP contribution is 2.23. The van der Waals surface area contributed by atoms with Gasteiger partial charge in [-0.3, -0.25) is 0 Å². The van der Waals surface area contributed by atoms with Crippen LogP contribution in [0.1, 0.15) is 5.56 Å². The highest BCUT2D eigenvalue weighted by atomic mass is 16.3. The molecule has 5 nitrogen and oxygen atoms in total. The number of carbonyl (C=O) groups excluding carboxylic acids is 1. The Kier molecular flexibility index (Phi) is 3.56. The molecular formula is C14H14N2O3. The Bertz CT molecular complexity index is 611. The van der Waals surface area contributed by atoms with E-state index in [-0.39, 0.29) is 11.5 Å². The Morgan fingerprint density at radius 3 is 2.37 bits per heavy atom. The van der Waals surface area contributed by atoms with Gasteiger partial charge < -0.3 is 20.8 Å². The third-order valence-corrected chi connectivity index (χ3v) is 2.61. The van der Waals surface area contributed by atoms with Gasteiger partial charge in [0.15, 0.2) is 0 Å². The maximum absolute atomic E-state index is 11.8. The summed E-state index contributed by atoms with van der Waals surface area (Å²) in [5, 5.41) is 24.0. The van der Waals surface area contributed by atoms with Gasteiger partial charge in [0.1, 0.15) is 11.5 Å². The lowest BCUT2D eigenvalue weighted by Gasteiger charge is -2.10. The first kappa shape index (κ1) is 12.8. The SMILES string of the molecule is Cc1cc(O)ccc1NC(=O)Nc1ccccc1O. The molecule has 5 heteroatoms. The summed E-state index contributed by atoms with van der Waals surface area (Å²) < 4.78 is 0. The molecule has 0 aliphatic rings. The van der Waals surface area contributed by atoms with E-state index in [1.807, 2.05) is 0 Å². The summed E-state index contributed by atoms with van der Waals surface area (Å²) in [4.78, 5) is 11.8. The molecule has 0 atom stereocenters. The molecule has 2 aromatic rings. The fourth-order valence-corrected chi connectivity index (χ4v) is 1.64. The number of carbonyl (C=O) groups is 1. The van der Waals surface area contributed by atoms with E-state index in [2.05, 4.69) is 10.6 Å². The molecule has 0 aliphatic heterocycles. The molecule has 2 aromatic carbocycles. The Labute approximate surface area is 110 Å². The highest BCUT2D eigenvalue weighted by molar-refractivity contribution is 6.01. The summed E-state index contributed by atoms with van der Waals surface area (Å²) >= 11 is 0. The van der Waals surface area contributed by atoms with Gasteiger partial charge in [-0.25, -0.2) is 4.79 Å². The summed E-state index contributed by atoms with van der Waals surface area (Å²) in [7, 11) is 0. The van der Waals surface area contributed by atoms with E-state index in [0.29, 0.717) is 11.4 Å². The number of phenols is 2. The van der Waals surface area contributed by atoms with Crippen LogP contribution in [0.25, 0.3) is 0 Å². The van der Waals surface area contributed by atoms with Crippen LogP contribution in [0, 0.1) is 6.92 Å². The number of hydrogen-bond acceptors (Lipinski definition) is 3. The van der Waals surface area contributed by atoms with Crippen molar-refractivity contribution in [3.05, 3.63) is 48.0 Å². The van der Waals surface area contributed by atoms with Gasteiger partial charge in [-0.2, -0.15) is 0 Å². The van der Waals surface area contributed by atoms with Crippen LogP contribution in [-0.2, 0) is 0 Å². The van der Waals surface area contributed by atoms with Crippen molar-refractivity contribution in [1.82, 2.24) is 0 Å². The van der Waals surface area contributed by atoms with Crippen LogP contribution >= 0.6 is 0 Å². The van der Waals surface area contributed by atoms with Crippen LogP contribution < -0.4 is 10.6 Å². The summed E-state index contributed by atoms with van der Waals surface area (Å²) in [6.07, 6.45) is 0. The molecule has 0 aliphatic carbocycles. The van der Waals surface area contributed by atoms with Crippen LogP contribution in [-0.4, -0.2) is 16.2 Å². The average Bonchev–Trinajstić information content (AvgIpc) is 2.36. The lowest BCUT2D eigenvalue weighted by molar-refractivity contribution is 0.262. The molecule has 0 saturated carbocycles. The van der Waals surface area contributed by atoms with E-state index >= 15 is 0 Å². The molecule has 0 spiro atoms. The number of rotatable bonds is 2. The van der Waals surface area contributed by atoms with Crippen LogP contribution in [0.2, 0.25) is 0 Å². The first-order chi connectivity index (χ1) is 9.06. The zero-order chi connectivity index (χ0) is 13.8. The maximum Gasteiger partial charge on any atom is 0.323 e. The number of aromatic hydroxyl groups is 2. The van der Waals surface area contributed by atoms with Gasteiger partial charge in [-0.15, -0.1) is 0 Å². The summed E-state index contributed by atoms with van der Waals surface area (Å²) in [5.41, 5.74) is 1.66. The number of para-hydroxylation sites is 2. The van der Waals surface area contributed by atoms with Gasteiger partial charge in [0, 0.05) is 5.69 Å². The third-order valence-electron chi connectivity index (χ3n) is 2.61. The molecule has 0 heterocycles. The standard InChI is InChI=1S/C14H14N2O3/c1-9-8-10(17)6-7-11(9)15-14(19)16-12-4-2-3-5-13(12)18/h2-8,17-18H,1H3,(H2,15,16,19). The topological polar surface area (TPSA) is 81.6 Å². The second-order valence-electron chi connectivity index (χ2n) is 4.10. The molecule has 0 saturated heterocycles. The van der Waals surface area contributed by atoms with Crippen molar-refractivity contribution in [3.63, 3.8) is 0 Å². The molecule has 0 unspecified atom stereocenters. The zero-order valence-electron chi connectivity index (χ0n) is 10.3. The Morgan fingerprint density at radius 1 is 1.00 bits per heavy atom. The number of hydrogen-bond donors (Lipinski definition) is 4. The number of phenolic OH excluding ortho intramolecular Hbond substituents is 2. The average molecular weight is 258 g/mol. The Balaban J connectivity index is 2.08. The number of anilines is 2. The van der Waals surface area contributed by atoms with E-state index in [9.17, 15) is 15.0 Å². The predicted molar refractivity (Wildman–Crippen MR) is 73.6 cm³/mol. The number of aryl methyl sites for hydroxylation is 1. The van der Waals surface area contributed by atoms with Crippen molar-refractivity contribution in [2.24, 2.45) is 0 Å². The maximum atomic E-state index is 11.8. The first-order valence-electron chi connectivity index (χ1n) is 5.72. The van der Waals surface area contributed by atoms with E-state index in [0.717, 1.165) is 5.56 Å². The van der Waals surface area contributed by atoms with Gasteiger partial charge in [0.05, 0.1) is 5.69 Å². The summed E-state index contributed by atoms with van der Waals surface area (Å²) in [5.74, 6) is 0.143. The van der Waals surface area contributed by atoms with Gasteiger partial charge in [0.25, 0.3) is 0 Å². The first-order valence-corrected chi connectivity index (χ1v) is 5.72. The van der Waals surface area contributed by atoms with Crippen molar-refractivity contribution < 1.29 is 15.0 Å². The molecule has 4 N–H and O–H groups in total. The van der Waals surface area contributed by atoms with Gasteiger partial charge in [-0.1, -0.05) is 12.1 Å². The van der Waals surface area contributed by atoms with E-state index in [4.69, 9.17) is 0 Å². The zero-order valence-corrected chi connectivity index (χ0v) is 10.3. The molecule has 98 valence electrons. The molecule has 0 aromatic heterocycles. The second-order valence-corrected chi connectivity index (χ2v) is 4.10. The monoisotopic (exact) mass is 258 g/mol. The summed E-state index contributed by atoms with van der Waals surface area (Å²) in [6, 6.07) is 10.6. The smallest absolute Gasteiger partial charge is 0.323 e. The molecule has 0 fully saturated rings. The third kappa shape index (κ3) is 3.16. The van der Waals surface area contributed by atoms with Crippen molar-refractivity contribution in [1.29, 1.82) is 0 Å². The lowest BCUT2D eigenvalue weighted by atomic mass is 10.2. The Hall–Kier alpha value is -2.69. The van der Waals surface area contributed by atoms with Crippen LogP contribution in [0.15, 0.2) is 42.5 Å². The molecule has 2 amide bonds. The van der Waals surface area contributed by atoms with E-state index < -0.39 is 6.03 Å². The number of amides is 2. The fraction of sp³-hybridized carbons (Fsp3) is 0.0714. The molecule has 0 radical (unpaired) electrons. The molecular weight excluding hydrogens is 244 g/mol. The van der Waals surface area contributed by atoms with Crippen molar-refractivity contribution in [2.45, 2.75) is 6.92 Å². The minimum absolute atomic E-state index is 0.0000723. The largest absolute Gasteiger partial charge is 0.508 e. The van der Waals surface area contributed by atoms with Gasteiger partial charge in [-0.05, 0) is 42.8 Å². The summed E-state index contributed by atoms with van der Waals surface area (Å²) in [6.45, 7) is 1.77. The van der Waals surface area contributed by atoms with E-state index in [1.165, 1.54) is 12.1 Å². The predicted octanol–water partition coefficient (Wildman–Crippen LogP) is 3.05. The number of urea groups is 1. The van der Waals surface area contributed by atoms with Crippen LogP contribution in [0.5, 0.6) is 11.5 Å². The highest BCUT2D eigenvalue weighted by Gasteiger charge is 2.07. The van der Waals surface area contributed by atoms with Crippen LogP contribution in [0.4, 0.5) is 16.2 Å². The van der Waals surface area contributed by atoms with Gasteiger partial charge >= 0.3 is 6.03 Å². The second kappa shape index (κ2) is 5.30. The van der Waals surface area contributed by atoms with Crippen molar-refractivity contribution in [3.8, 4) is 11.5 Å². The number of benzene rings is 2. The van der Waals surface area contributed by atoms with E-state index in [1.54, 1.807) is 37.3 Å². The molecule has 2 rings (SSSR count). The minimum atomic E-state index is -0.463. The van der Waals surface area contributed by atoms with Crippen molar-refractivity contribution >= 4 is 17.4 Å². The fourth-order valence-electron chi connectivity index (χ4n) is 1.64. The van der Waals surface area contributed by atoms with Gasteiger partial charge in [0.2, 0.25) is 0 Å². The number of nitrogens with one attached hydrogen (secondary N) is 2. The van der Waals surface area contributed by atoms with Crippen LogP contribution in [0.3, 0.4) is 0 Å². The quantitative estimate of drug-likeness (QED) is 0.493. The Morgan fingerprint density at radius 2 is 1.68 bits per heavy atom. The molecule has 19 heavy (non-hydrogen) atoms. The minimum Gasteiger partial charge on any atom is -0.508 e. The van der Waals surface area contributed by atoms with Crippen molar-refractivity contribution in [2.75, 3.05) is 10.6 Å².